The summed E-state index contributed by atoms with van der Waals surface area (Å²) in [6.45, 7) is 2.18. The molecular weight excluding hydrogens is 184 g/mol. The number of hydrogen-bond acceptors (Lipinski definition) is 3. The number of rotatable bonds is 3. The van der Waals surface area contributed by atoms with Crippen molar-refractivity contribution in [1.29, 1.82) is 0 Å². The van der Waals surface area contributed by atoms with E-state index in [0.717, 1.165) is 4.57 Å². The van der Waals surface area contributed by atoms with Gasteiger partial charge in [-0.1, -0.05) is 0 Å². The van der Waals surface area contributed by atoms with Gasteiger partial charge in [-0.15, -0.1) is 0 Å². The Balaban J connectivity index is 3.23. The molecule has 5 nitrogen and oxygen atoms in total. The Labute approximate surface area is 81.2 Å². The molecule has 1 aromatic heterocycles. The van der Waals surface area contributed by atoms with E-state index in [4.69, 9.17) is 5.11 Å². The molecule has 14 heavy (non-hydrogen) atoms. The third kappa shape index (κ3) is 1.93. The lowest BCUT2D eigenvalue weighted by Crippen LogP contribution is -2.38. The standard InChI is InChI=1S/C9H14N2O3/c1-7-6-8(13)10(2)9(14)11(7)4-3-5-12/h6,12H,3-5H2,1-2H3. The van der Waals surface area contributed by atoms with Gasteiger partial charge >= 0.3 is 5.69 Å². The summed E-state index contributed by atoms with van der Waals surface area (Å²) in [5.41, 5.74) is 0.00254. The molecule has 0 saturated heterocycles. The minimum absolute atomic E-state index is 0.0364. The van der Waals surface area contributed by atoms with Gasteiger partial charge in [-0.3, -0.25) is 13.9 Å². The van der Waals surface area contributed by atoms with Crippen LogP contribution in [0.2, 0.25) is 0 Å². The highest BCUT2D eigenvalue weighted by Gasteiger charge is 2.04. The van der Waals surface area contributed by atoms with Gasteiger partial charge in [-0.25, -0.2) is 4.79 Å². The van der Waals surface area contributed by atoms with Crippen LogP contribution >= 0.6 is 0 Å². The molecule has 0 amide bonds. The van der Waals surface area contributed by atoms with Gasteiger partial charge in [0.15, 0.2) is 0 Å². The number of nitrogens with zero attached hydrogens (tertiary/aromatic N) is 2. The summed E-state index contributed by atoms with van der Waals surface area (Å²) in [4.78, 5) is 22.7. The van der Waals surface area contributed by atoms with Crippen molar-refractivity contribution in [3.05, 3.63) is 32.6 Å². The van der Waals surface area contributed by atoms with Crippen LogP contribution in [-0.4, -0.2) is 20.8 Å². The second-order valence-electron chi connectivity index (χ2n) is 3.19. The number of aromatic nitrogens is 2. The van der Waals surface area contributed by atoms with Gasteiger partial charge in [-0.2, -0.15) is 0 Å². The van der Waals surface area contributed by atoms with Crippen molar-refractivity contribution in [2.24, 2.45) is 7.05 Å². The number of hydrogen-bond donors (Lipinski definition) is 1. The van der Waals surface area contributed by atoms with Crippen LogP contribution in [0.5, 0.6) is 0 Å². The van der Waals surface area contributed by atoms with Gasteiger partial charge in [0.1, 0.15) is 0 Å². The van der Waals surface area contributed by atoms with Crippen molar-refractivity contribution >= 4 is 0 Å². The van der Waals surface area contributed by atoms with Gasteiger partial charge in [0.2, 0.25) is 0 Å². The molecular formula is C9H14N2O3. The fourth-order valence-corrected chi connectivity index (χ4v) is 1.28. The molecule has 78 valence electrons. The summed E-state index contributed by atoms with van der Waals surface area (Å²) in [6, 6.07) is 1.42. The van der Waals surface area contributed by atoms with Crippen molar-refractivity contribution in [2.75, 3.05) is 6.61 Å². The van der Waals surface area contributed by atoms with Crippen molar-refractivity contribution in [3.8, 4) is 0 Å². The van der Waals surface area contributed by atoms with Gasteiger partial charge in [0.25, 0.3) is 5.56 Å². The maximum atomic E-state index is 11.6. The van der Waals surface area contributed by atoms with Gasteiger partial charge in [-0.05, 0) is 13.3 Å². The molecule has 0 aliphatic rings. The summed E-state index contributed by atoms with van der Waals surface area (Å²) in [6.07, 6.45) is 0.513. The molecule has 5 heteroatoms. The average molecular weight is 198 g/mol. The lowest BCUT2D eigenvalue weighted by atomic mass is 10.4. The van der Waals surface area contributed by atoms with E-state index in [1.165, 1.54) is 17.7 Å². The van der Waals surface area contributed by atoms with E-state index in [1.54, 1.807) is 6.92 Å². The zero-order chi connectivity index (χ0) is 10.7. The first-order chi connectivity index (χ1) is 6.57. The molecule has 1 aromatic rings. The van der Waals surface area contributed by atoms with E-state index < -0.39 is 0 Å². The Bertz CT molecular complexity index is 431. The van der Waals surface area contributed by atoms with E-state index in [1.807, 2.05) is 0 Å². The first kappa shape index (κ1) is 10.7. The summed E-state index contributed by atoms with van der Waals surface area (Å²) >= 11 is 0. The second kappa shape index (κ2) is 4.23. The highest BCUT2D eigenvalue weighted by Crippen LogP contribution is 1.91. The fourth-order valence-electron chi connectivity index (χ4n) is 1.28. The van der Waals surface area contributed by atoms with Crippen LogP contribution in [0.1, 0.15) is 12.1 Å². The van der Waals surface area contributed by atoms with Crippen LogP contribution in [0.15, 0.2) is 15.7 Å². The van der Waals surface area contributed by atoms with E-state index in [2.05, 4.69) is 0 Å². The predicted octanol–water partition coefficient (Wildman–Crippen LogP) is -0.762. The predicted molar refractivity (Wildman–Crippen MR) is 52.4 cm³/mol. The quantitative estimate of drug-likeness (QED) is 0.694. The Morgan fingerprint density at radius 2 is 2.07 bits per heavy atom. The van der Waals surface area contributed by atoms with Crippen LogP contribution in [0.3, 0.4) is 0 Å². The molecule has 0 saturated carbocycles. The zero-order valence-corrected chi connectivity index (χ0v) is 8.36. The minimum atomic E-state index is -0.330. The van der Waals surface area contributed by atoms with Crippen molar-refractivity contribution in [2.45, 2.75) is 19.9 Å². The van der Waals surface area contributed by atoms with E-state index >= 15 is 0 Å². The normalized spacial score (nSPS) is 10.5. The first-order valence-corrected chi connectivity index (χ1v) is 4.46. The van der Waals surface area contributed by atoms with E-state index in [-0.39, 0.29) is 17.9 Å². The molecule has 1 heterocycles. The summed E-state index contributed by atoms with van der Waals surface area (Å²) in [7, 11) is 1.44. The second-order valence-corrected chi connectivity index (χ2v) is 3.19. The van der Waals surface area contributed by atoms with Crippen LogP contribution in [0, 0.1) is 6.92 Å². The maximum Gasteiger partial charge on any atom is 0.330 e. The average Bonchev–Trinajstić information content (AvgIpc) is 2.14. The number of aliphatic hydroxyl groups excluding tert-OH is 1. The molecule has 1 rings (SSSR count). The Morgan fingerprint density at radius 1 is 1.43 bits per heavy atom. The van der Waals surface area contributed by atoms with E-state index in [9.17, 15) is 9.59 Å². The van der Waals surface area contributed by atoms with Crippen molar-refractivity contribution in [3.63, 3.8) is 0 Å². The largest absolute Gasteiger partial charge is 0.396 e. The SMILES string of the molecule is Cc1cc(=O)n(C)c(=O)n1CCCO. The number of aliphatic hydroxyl groups is 1. The smallest absolute Gasteiger partial charge is 0.330 e. The molecule has 0 spiro atoms. The van der Waals surface area contributed by atoms with Crippen LogP contribution < -0.4 is 11.2 Å². The molecule has 0 fully saturated rings. The van der Waals surface area contributed by atoms with Crippen molar-refractivity contribution < 1.29 is 5.11 Å². The fraction of sp³-hybridized carbons (Fsp3) is 0.556. The molecule has 0 aromatic carbocycles. The lowest BCUT2D eigenvalue weighted by molar-refractivity contribution is 0.277. The highest BCUT2D eigenvalue weighted by atomic mass is 16.3. The molecule has 0 bridgehead atoms. The minimum Gasteiger partial charge on any atom is -0.396 e. The molecule has 0 atom stereocenters. The van der Waals surface area contributed by atoms with Gasteiger partial charge < -0.3 is 5.11 Å². The van der Waals surface area contributed by atoms with Gasteiger partial charge in [0.05, 0.1) is 0 Å². The lowest BCUT2D eigenvalue weighted by Gasteiger charge is -2.09. The molecule has 1 N–H and O–H groups in total. The summed E-state index contributed by atoms with van der Waals surface area (Å²) in [5.74, 6) is 0. The molecule has 0 radical (unpaired) electrons. The third-order valence-corrected chi connectivity index (χ3v) is 2.15. The van der Waals surface area contributed by atoms with E-state index in [0.29, 0.717) is 18.7 Å². The maximum absolute atomic E-state index is 11.6. The Kier molecular flexibility index (Phi) is 3.24. The van der Waals surface area contributed by atoms with Crippen LogP contribution in [0.4, 0.5) is 0 Å². The van der Waals surface area contributed by atoms with Crippen LogP contribution in [-0.2, 0) is 13.6 Å². The van der Waals surface area contributed by atoms with Crippen LogP contribution in [0.25, 0.3) is 0 Å². The molecule has 0 aliphatic carbocycles. The third-order valence-electron chi connectivity index (χ3n) is 2.15. The first-order valence-electron chi connectivity index (χ1n) is 4.46. The molecule has 0 unspecified atom stereocenters. The van der Waals surface area contributed by atoms with Crippen molar-refractivity contribution in [1.82, 2.24) is 9.13 Å². The topological polar surface area (TPSA) is 64.2 Å². The number of aryl methyl sites for hydroxylation is 1. The summed E-state index contributed by atoms with van der Waals surface area (Å²) < 4.78 is 2.54. The van der Waals surface area contributed by atoms with Gasteiger partial charge in [0, 0.05) is 32.0 Å². The molecule has 0 aliphatic heterocycles. The summed E-state index contributed by atoms with van der Waals surface area (Å²) in [5, 5.41) is 8.65. The zero-order valence-electron chi connectivity index (χ0n) is 8.36. The monoisotopic (exact) mass is 198 g/mol. The highest BCUT2D eigenvalue weighted by molar-refractivity contribution is 4.99. The Morgan fingerprint density at radius 3 is 2.64 bits per heavy atom. The Hall–Kier alpha value is -1.36.